The first-order valence-electron chi connectivity index (χ1n) is 12.8. The van der Waals surface area contributed by atoms with Gasteiger partial charge in [0.1, 0.15) is 29.2 Å². The fourth-order valence-electron chi connectivity index (χ4n) is 4.90. The highest BCUT2D eigenvalue weighted by Gasteiger charge is 2.54. The van der Waals surface area contributed by atoms with Gasteiger partial charge in [-0.15, -0.1) is 11.8 Å². The molecule has 2 amide bonds. The molecule has 0 saturated carbocycles. The smallest absolute Gasteiger partial charge is 0.352 e. The van der Waals surface area contributed by atoms with E-state index in [1.807, 2.05) is 36.9 Å². The lowest BCUT2D eigenvalue weighted by Crippen LogP contribution is -2.71. The number of carboxylic acids is 1. The largest absolute Gasteiger partial charge is 0.477 e. The average molecular weight is 620 g/mol. The highest BCUT2D eigenvalue weighted by molar-refractivity contribution is 8.00. The van der Waals surface area contributed by atoms with Crippen molar-refractivity contribution in [1.29, 1.82) is 0 Å². The number of nitrogen functional groups attached to an aromatic ring is 1. The van der Waals surface area contributed by atoms with Crippen molar-refractivity contribution >= 4 is 63.1 Å². The Morgan fingerprint density at radius 3 is 2.88 bits per heavy atom. The molecule has 18 heteroatoms. The second-order valence-corrected chi connectivity index (χ2v) is 11.3. The van der Waals surface area contributed by atoms with Gasteiger partial charge in [-0.05, 0) is 37.1 Å². The summed E-state index contributed by atoms with van der Waals surface area (Å²) in [4.78, 5) is 52.7. The van der Waals surface area contributed by atoms with Crippen LogP contribution in [0.3, 0.4) is 0 Å². The number of aryl methyl sites for hydroxylation is 2. The summed E-state index contributed by atoms with van der Waals surface area (Å²) in [5.41, 5.74) is 7.15. The van der Waals surface area contributed by atoms with Crippen LogP contribution in [0.25, 0.3) is 11.2 Å². The van der Waals surface area contributed by atoms with E-state index < -0.39 is 41.8 Å². The molecule has 1 fully saturated rings. The Kier molecular flexibility index (Phi) is 8.64. The molecule has 5 N–H and O–H groups in total. The van der Waals surface area contributed by atoms with Crippen molar-refractivity contribution in [1.82, 2.24) is 34.4 Å². The molecule has 0 spiro atoms. The first-order chi connectivity index (χ1) is 20.2. The Balaban J connectivity index is 1.37. The van der Waals surface area contributed by atoms with E-state index in [1.54, 1.807) is 0 Å². The number of nitrogens with two attached hydrogens (primary N) is 1. The van der Waals surface area contributed by atoms with Crippen molar-refractivity contribution in [3.63, 3.8) is 0 Å². The van der Waals surface area contributed by atoms with Gasteiger partial charge in [0.05, 0.1) is 6.20 Å². The van der Waals surface area contributed by atoms with Gasteiger partial charge in [0, 0.05) is 36.3 Å². The lowest BCUT2D eigenvalue weighted by molar-refractivity contribution is -0.664. The van der Waals surface area contributed by atoms with Crippen molar-refractivity contribution in [3.05, 3.63) is 41.2 Å². The maximum Gasteiger partial charge on any atom is 0.352 e. The van der Waals surface area contributed by atoms with E-state index in [1.165, 1.54) is 16.7 Å². The third-order valence-corrected chi connectivity index (χ3v) is 8.63. The lowest BCUT2D eigenvalue weighted by atomic mass is 10.0. The standard InChI is InChI=1S/C24H27FN10O5S2/c1-12-28-19-14(34(12)8-4-6-27-2)5-3-7-33(19)9-13-10-41-22-16(21(37)35(22)17(13)23(38)39)29-20(36)15(31-40-11-25)18-30-24(26)42-32-18/h3,5,7,16,22,27H,4,6,8-11H2,1-2H3,(H3-,26,29,30,32,36,38,39)/p+1/b31-15-. The molecule has 15 nitrogen and oxygen atoms in total. The molecule has 0 bridgehead atoms. The number of aromatic nitrogens is 5. The summed E-state index contributed by atoms with van der Waals surface area (Å²) in [5, 5.41) is 18.6. The van der Waals surface area contributed by atoms with Crippen LogP contribution in [0.5, 0.6) is 0 Å². The summed E-state index contributed by atoms with van der Waals surface area (Å²) in [5.74, 6) is -1.81. The summed E-state index contributed by atoms with van der Waals surface area (Å²) >= 11 is 2.11. The van der Waals surface area contributed by atoms with E-state index in [9.17, 15) is 23.9 Å². The van der Waals surface area contributed by atoms with Crippen LogP contribution in [0, 0.1) is 6.92 Å². The fraction of sp³-hybridized carbons (Fsp3) is 0.417. The minimum atomic E-state index is -1.30. The van der Waals surface area contributed by atoms with E-state index in [0.29, 0.717) is 17.0 Å². The van der Waals surface area contributed by atoms with Gasteiger partial charge in [0.2, 0.25) is 17.4 Å². The van der Waals surface area contributed by atoms with E-state index >= 15 is 0 Å². The van der Waals surface area contributed by atoms with Gasteiger partial charge in [-0.25, -0.2) is 13.8 Å². The molecule has 0 radical (unpaired) electrons. The summed E-state index contributed by atoms with van der Waals surface area (Å²) < 4.78 is 20.5. The van der Waals surface area contributed by atoms with Crippen LogP contribution in [-0.4, -0.2) is 90.0 Å². The third kappa shape index (κ3) is 5.51. The number of thioether (sulfide) groups is 1. The fourth-order valence-corrected chi connectivity index (χ4v) is 6.67. The highest BCUT2D eigenvalue weighted by Crippen LogP contribution is 2.40. The minimum Gasteiger partial charge on any atom is -0.477 e. The Labute approximate surface area is 246 Å². The number of hydrogen-bond donors (Lipinski definition) is 4. The van der Waals surface area contributed by atoms with Crippen LogP contribution in [0.1, 0.15) is 18.1 Å². The van der Waals surface area contributed by atoms with Crippen molar-refractivity contribution in [2.45, 2.75) is 37.8 Å². The molecule has 3 aromatic heterocycles. The molecule has 5 heterocycles. The Morgan fingerprint density at radius 2 is 2.19 bits per heavy atom. The second-order valence-electron chi connectivity index (χ2n) is 9.37. The number of imidazole rings is 1. The number of β-lactam (4-membered cyclic amide) rings is 1. The molecule has 2 aliphatic heterocycles. The molecule has 1 saturated heterocycles. The quantitative estimate of drug-likeness (QED) is 0.0687. The number of carbonyl (C=O) groups is 3. The summed E-state index contributed by atoms with van der Waals surface area (Å²) in [7, 11) is 1.90. The van der Waals surface area contributed by atoms with Crippen LogP contribution < -0.4 is 20.9 Å². The van der Waals surface area contributed by atoms with Gasteiger partial charge in [0.25, 0.3) is 18.7 Å². The monoisotopic (exact) mass is 619 g/mol. The number of nitrogens with zero attached hydrogens (tertiary/aromatic N) is 7. The molecular weight excluding hydrogens is 591 g/mol. The average Bonchev–Trinajstić information content (AvgIpc) is 3.54. The topological polar surface area (TPSA) is 194 Å². The van der Waals surface area contributed by atoms with Crippen LogP contribution in [-0.2, 0) is 32.3 Å². The lowest BCUT2D eigenvalue weighted by Gasteiger charge is -2.49. The van der Waals surface area contributed by atoms with E-state index in [2.05, 4.69) is 34.6 Å². The number of carbonyl (C=O) groups excluding carboxylic acids is 2. The zero-order chi connectivity index (χ0) is 30.0. The molecule has 222 valence electrons. The van der Waals surface area contributed by atoms with Gasteiger partial charge in [0.15, 0.2) is 5.13 Å². The first-order valence-corrected chi connectivity index (χ1v) is 14.6. The molecule has 2 unspecified atom stereocenters. The number of fused-ring (bicyclic) bond motifs is 2. The number of rotatable bonds is 12. The second kappa shape index (κ2) is 12.4. The molecular formula is C24H28FN10O5S2+. The Morgan fingerprint density at radius 1 is 1.38 bits per heavy atom. The van der Waals surface area contributed by atoms with Crippen molar-refractivity contribution < 1.29 is 33.3 Å². The highest BCUT2D eigenvalue weighted by atomic mass is 32.2. The number of aliphatic carboxylic acids is 1. The Hall–Kier alpha value is -4.16. The van der Waals surface area contributed by atoms with Gasteiger partial charge in [-0.1, -0.05) is 5.16 Å². The number of halogens is 1. The maximum atomic E-state index is 13.2. The zero-order valence-electron chi connectivity index (χ0n) is 22.6. The summed E-state index contributed by atoms with van der Waals surface area (Å²) in [6.07, 6.45) is 2.75. The molecule has 0 aromatic carbocycles. The van der Waals surface area contributed by atoms with Crippen molar-refractivity contribution in [2.75, 3.05) is 31.9 Å². The molecule has 3 aromatic rings. The molecule has 2 aliphatic rings. The van der Waals surface area contributed by atoms with E-state index in [-0.39, 0.29) is 23.2 Å². The predicted molar refractivity (Wildman–Crippen MR) is 151 cm³/mol. The maximum absolute atomic E-state index is 13.2. The summed E-state index contributed by atoms with van der Waals surface area (Å²) in [6, 6.07) is 2.80. The minimum absolute atomic E-state index is 0.0486. The van der Waals surface area contributed by atoms with E-state index in [0.717, 1.165) is 42.4 Å². The molecule has 5 rings (SSSR count). The number of oxime groups is 1. The number of hydrogen-bond acceptors (Lipinski definition) is 12. The van der Waals surface area contributed by atoms with E-state index in [4.69, 9.17) is 10.7 Å². The number of pyridine rings is 1. The van der Waals surface area contributed by atoms with Crippen molar-refractivity contribution in [3.8, 4) is 0 Å². The van der Waals surface area contributed by atoms with Crippen LogP contribution >= 0.6 is 23.3 Å². The first kappa shape index (κ1) is 29.3. The SMILES string of the molecule is CNCCCn1c(C)nc2c1ccc[n+]2CC1=C(C(=O)O)N2C(=O)C(NC(=O)/C(=N\OCF)c3nsc(N)n3)C2SC1. The number of carboxylic acid groups (broad SMARTS) is 1. The number of alkyl halides is 1. The van der Waals surface area contributed by atoms with Crippen LogP contribution in [0.15, 0.2) is 34.8 Å². The van der Waals surface area contributed by atoms with Gasteiger partial charge < -0.3 is 30.9 Å². The predicted octanol–water partition coefficient (Wildman–Crippen LogP) is -0.238. The van der Waals surface area contributed by atoms with Crippen LogP contribution in [0.4, 0.5) is 9.52 Å². The zero-order valence-corrected chi connectivity index (χ0v) is 24.2. The number of amides is 2. The third-order valence-electron chi connectivity index (χ3n) is 6.75. The molecule has 2 atom stereocenters. The van der Waals surface area contributed by atoms with Gasteiger partial charge >= 0.3 is 11.6 Å². The molecule has 42 heavy (non-hydrogen) atoms. The van der Waals surface area contributed by atoms with Gasteiger partial charge in [-0.3, -0.25) is 14.5 Å². The number of anilines is 1. The number of nitrogens with one attached hydrogen (secondary N) is 2. The van der Waals surface area contributed by atoms with Gasteiger partial charge in [-0.2, -0.15) is 9.36 Å². The van der Waals surface area contributed by atoms with Crippen molar-refractivity contribution in [2.24, 2.45) is 5.16 Å². The normalized spacial score (nSPS) is 18.7. The molecule has 0 aliphatic carbocycles. The summed E-state index contributed by atoms with van der Waals surface area (Å²) in [6.45, 7) is 2.48. The van der Waals surface area contributed by atoms with Crippen LogP contribution in [0.2, 0.25) is 0 Å². The Bertz CT molecular complexity index is 1610.